The molecule has 2 N–H and O–H groups in total. The second-order valence-electron chi connectivity index (χ2n) is 7.84. The summed E-state index contributed by atoms with van der Waals surface area (Å²) in [5.74, 6) is 0.533. The lowest BCUT2D eigenvalue weighted by atomic mass is 10.0. The number of carbonyl (C=O) groups is 2. The van der Waals surface area contributed by atoms with Crippen LogP contribution in [0.15, 0.2) is 18.2 Å². The van der Waals surface area contributed by atoms with E-state index in [1.165, 1.54) is 0 Å². The van der Waals surface area contributed by atoms with Gasteiger partial charge < -0.3 is 24.7 Å². The van der Waals surface area contributed by atoms with E-state index in [9.17, 15) is 9.59 Å². The Bertz CT molecular complexity index is 1040. The fraction of sp³-hybridized carbons (Fsp3) is 0.391. The van der Waals surface area contributed by atoms with Crippen molar-refractivity contribution >= 4 is 29.2 Å². The third-order valence-electron chi connectivity index (χ3n) is 5.99. The van der Waals surface area contributed by atoms with E-state index in [1.807, 2.05) is 43.0 Å². The number of carbonyl (C=O) groups excluding carboxylic acids is 2. The molecule has 3 heterocycles. The maximum absolute atomic E-state index is 13.3. The van der Waals surface area contributed by atoms with Crippen LogP contribution in [0.1, 0.15) is 45.7 Å². The topological polar surface area (TPSA) is 83.7 Å². The highest BCUT2D eigenvalue weighted by Gasteiger charge is 2.32. The predicted molar refractivity (Wildman–Crippen MR) is 116 cm³/mol. The number of hydrogen-bond acceptors (Lipinski definition) is 4. The first-order valence-corrected chi connectivity index (χ1v) is 10.1. The van der Waals surface area contributed by atoms with Crippen LogP contribution in [0.2, 0.25) is 0 Å². The first-order chi connectivity index (χ1) is 14.4. The molecule has 158 valence electrons. The first kappa shape index (κ1) is 20.2. The summed E-state index contributed by atoms with van der Waals surface area (Å²) in [5, 5.41) is 2.88. The molecule has 0 unspecified atom stereocenters. The Morgan fingerprint density at radius 1 is 1.30 bits per heavy atom. The number of likely N-dealkylation sites (tertiary alicyclic amines) is 1. The van der Waals surface area contributed by atoms with E-state index in [4.69, 9.17) is 9.47 Å². The molecule has 1 aromatic carbocycles. The van der Waals surface area contributed by atoms with Gasteiger partial charge in [0.15, 0.2) is 0 Å². The molecule has 2 aliphatic rings. The summed E-state index contributed by atoms with van der Waals surface area (Å²) in [6.07, 6.45) is 3.76. The molecule has 1 aromatic heterocycles. The maximum Gasteiger partial charge on any atom is 0.256 e. The minimum absolute atomic E-state index is 0.0170. The number of aromatic amines is 1. The van der Waals surface area contributed by atoms with Gasteiger partial charge in [0.25, 0.3) is 11.8 Å². The number of amides is 2. The van der Waals surface area contributed by atoms with Crippen LogP contribution in [-0.4, -0.2) is 55.1 Å². The first-order valence-electron chi connectivity index (χ1n) is 10.1. The minimum Gasteiger partial charge on any atom is -0.497 e. The SMILES string of the molecule is COC[C@@H]1CCCN1C(=O)c1c(C)[nH]c(/C=C2\C(=O)Nc3ccc(OC)cc32)c1C. The van der Waals surface area contributed by atoms with E-state index in [2.05, 4.69) is 10.3 Å². The molecule has 30 heavy (non-hydrogen) atoms. The van der Waals surface area contributed by atoms with E-state index in [0.717, 1.165) is 47.6 Å². The van der Waals surface area contributed by atoms with Crippen LogP contribution in [0.5, 0.6) is 5.75 Å². The summed E-state index contributed by atoms with van der Waals surface area (Å²) < 4.78 is 10.6. The Balaban J connectivity index is 1.70. The highest BCUT2D eigenvalue weighted by Crippen LogP contribution is 2.36. The van der Waals surface area contributed by atoms with E-state index >= 15 is 0 Å². The largest absolute Gasteiger partial charge is 0.497 e. The lowest BCUT2D eigenvalue weighted by Crippen LogP contribution is -2.38. The van der Waals surface area contributed by atoms with Gasteiger partial charge in [0.1, 0.15) is 5.75 Å². The molecule has 4 rings (SSSR count). The number of H-pyrrole nitrogens is 1. The van der Waals surface area contributed by atoms with Gasteiger partial charge in [-0.3, -0.25) is 9.59 Å². The Kier molecular flexibility index (Phi) is 5.39. The molecule has 7 heteroatoms. The number of hydrogen-bond donors (Lipinski definition) is 2. The van der Waals surface area contributed by atoms with Gasteiger partial charge in [-0.25, -0.2) is 0 Å². The highest BCUT2D eigenvalue weighted by atomic mass is 16.5. The van der Waals surface area contributed by atoms with Crippen molar-refractivity contribution < 1.29 is 19.1 Å². The summed E-state index contributed by atoms with van der Waals surface area (Å²) in [4.78, 5) is 31.1. The fourth-order valence-corrected chi connectivity index (χ4v) is 4.43. The second-order valence-corrected chi connectivity index (χ2v) is 7.84. The number of benzene rings is 1. The van der Waals surface area contributed by atoms with E-state index < -0.39 is 0 Å². The van der Waals surface area contributed by atoms with Crippen molar-refractivity contribution in [2.24, 2.45) is 0 Å². The van der Waals surface area contributed by atoms with Gasteiger partial charge in [0.2, 0.25) is 0 Å². The average molecular weight is 409 g/mol. The molecule has 0 bridgehead atoms. The Labute approximate surface area is 176 Å². The Morgan fingerprint density at radius 3 is 2.83 bits per heavy atom. The molecule has 0 radical (unpaired) electrons. The summed E-state index contributed by atoms with van der Waals surface area (Å²) >= 11 is 0. The molecule has 7 nitrogen and oxygen atoms in total. The Hall–Kier alpha value is -3.06. The molecular formula is C23H27N3O4. The van der Waals surface area contributed by atoms with Gasteiger partial charge in [-0.2, -0.15) is 0 Å². The van der Waals surface area contributed by atoms with Gasteiger partial charge in [0, 0.05) is 36.3 Å². The zero-order valence-corrected chi connectivity index (χ0v) is 17.8. The zero-order chi connectivity index (χ0) is 21.4. The molecule has 0 saturated carbocycles. The van der Waals surface area contributed by atoms with Gasteiger partial charge in [-0.05, 0) is 56.5 Å². The standard InChI is InChI=1S/C23H27N3O4/c1-13-20(11-18-17-10-16(30-4)7-8-19(17)25-22(18)27)24-14(2)21(13)23(28)26-9-5-6-15(26)12-29-3/h7-8,10-11,15,24H,5-6,9,12H2,1-4H3,(H,25,27)/b18-11-/t15-/m0/s1. The molecule has 2 amide bonds. The quantitative estimate of drug-likeness (QED) is 0.742. The van der Waals surface area contributed by atoms with Crippen molar-refractivity contribution in [2.75, 3.05) is 32.7 Å². The summed E-state index contributed by atoms with van der Waals surface area (Å²) in [7, 11) is 3.26. The van der Waals surface area contributed by atoms with Crippen LogP contribution in [0, 0.1) is 13.8 Å². The number of aromatic nitrogens is 1. The lowest BCUT2D eigenvalue weighted by Gasteiger charge is -2.24. The third-order valence-corrected chi connectivity index (χ3v) is 5.99. The van der Waals surface area contributed by atoms with Gasteiger partial charge in [-0.15, -0.1) is 0 Å². The molecule has 1 atom stereocenters. The number of nitrogens with one attached hydrogen (secondary N) is 2. The zero-order valence-electron chi connectivity index (χ0n) is 17.8. The lowest BCUT2D eigenvalue weighted by molar-refractivity contribution is -0.110. The number of rotatable bonds is 5. The molecule has 1 fully saturated rings. The van der Waals surface area contributed by atoms with Crippen LogP contribution in [0.3, 0.4) is 0 Å². The molecule has 1 saturated heterocycles. The monoisotopic (exact) mass is 409 g/mol. The van der Waals surface area contributed by atoms with Crippen LogP contribution < -0.4 is 10.1 Å². The Morgan fingerprint density at radius 2 is 2.10 bits per heavy atom. The molecule has 0 spiro atoms. The van der Waals surface area contributed by atoms with Crippen LogP contribution in [0.4, 0.5) is 5.69 Å². The van der Waals surface area contributed by atoms with Crippen LogP contribution in [-0.2, 0) is 9.53 Å². The number of nitrogens with zero attached hydrogens (tertiary/aromatic N) is 1. The maximum atomic E-state index is 13.3. The predicted octanol–water partition coefficient (Wildman–Crippen LogP) is 3.38. The smallest absolute Gasteiger partial charge is 0.256 e. The third kappa shape index (κ3) is 3.39. The van der Waals surface area contributed by atoms with Gasteiger partial charge in [0.05, 0.1) is 30.9 Å². The van der Waals surface area contributed by atoms with Gasteiger partial charge >= 0.3 is 0 Å². The number of anilines is 1. The number of aryl methyl sites for hydroxylation is 1. The van der Waals surface area contributed by atoms with Crippen molar-refractivity contribution in [3.63, 3.8) is 0 Å². The van der Waals surface area contributed by atoms with Crippen molar-refractivity contribution in [2.45, 2.75) is 32.7 Å². The minimum atomic E-state index is -0.169. The summed E-state index contributed by atoms with van der Waals surface area (Å²) in [6.45, 7) is 5.10. The van der Waals surface area contributed by atoms with E-state index in [1.54, 1.807) is 14.2 Å². The van der Waals surface area contributed by atoms with E-state index in [0.29, 0.717) is 23.5 Å². The number of ether oxygens (including phenoxy) is 2. The summed E-state index contributed by atoms with van der Waals surface area (Å²) in [5.41, 5.74) is 5.18. The van der Waals surface area contributed by atoms with Crippen molar-refractivity contribution in [1.82, 2.24) is 9.88 Å². The van der Waals surface area contributed by atoms with Crippen molar-refractivity contribution in [1.29, 1.82) is 0 Å². The number of fused-ring (bicyclic) bond motifs is 1. The van der Waals surface area contributed by atoms with Crippen molar-refractivity contribution in [3.8, 4) is 5.75 Å². The molecular weight excluding hydrogens is 382 g/mol. The molecule has 0 aliphatic carbocycles. The van der Waals surface area contributed by atoms with Crippen LogP contribution >= 0.6 is 0 Å². The second kappa shape index (κ2) is 7.99. The highest BCUT2D eigenvalue weighted by molar-refractivity contribution is 6.35. The summed E-state index contributed by atoms with van der Waals surface area (Å²) in [6, 6.07) is 5.60. The van der Waals surface area contributed by atoms with E-state index in [-0.39, 0.29) is 17.9 Å². The average Bonchev–Trinajstić information content (AvgIpc) is 3.39. The normalized spacial score (nSPS) is 19.3. The fourth-order valence-electron chi connectivity index (χ4n) is 4.43. The molecule has 2 aliphatic heterocycles. The van der Waals surface area contributed by atoms with Crippen LogP contribution in [0.25, 0.3) is 11.6 Å². The van der Waals surface area contributed by atoms with Gasteiger partial charge in [-0.1, -0.05) is 0 Å². The molecule has 2 aromatic rings. The van der Waals surface area contributed by atoms with Crippen molar-refractivity contribution in [3.05, 3.63) is 46.3 Å². The number of methoxy groups -OCH3 is 2.